The van der Waals surface area contributed by atoms with Crippen LogP contribution < -0.4 is 0 Å². The number of nitrogens with zero attached hydrogens (tertiary/aromatic N) is 1. The molecular formula is C7H9NO4S2. The van der Waals surface area contributed by atoms with Crippen LogP contribution >= 0.6 is 11.8 Å². The second-order valence-electron chi connectivity index (χ2n) is 3.12. The number of allylic oxidation sites excluding steroid dienone is 1. The summed E-state index contributed by atoms with van der Waals surface area (Å²) in [6.45, 7) is 1.80. The van der Waals surface area contributed by atoms with E-state index in [0.29, 0.717) is 4.31 Å². The molecule has 2 unspecified atom stereocenters. The normalized spacial score (nSPS) is 34.9. The Kier molecular flexibility index (Phi) is 2.04. The summed E-state index contributed by atoms with van der Waals surface area (Å²) in [6, 6.07) is 0. The van der Waals surface area contributed by atoms with Crippen LogP contribution in [-0.2, 0) is 14.8 Å². The monoisotopic (exact) mass is 235 g/mol. The highest BCUT2D eigenvalue weighted by molar-refractivity contribution is 8.05. The first-order valence-corrected chi connectivity index (χ1v) is 6.34. The van der Waals surface area contributed by atoms with Gasteiger partial charge in [0.15, 0.2) is 5.44 Å². The van der Waals surface area contributed by atoms with Gasteiger partial charge in [0.2, 0.25) is 0 Å². The number of hydrogen-bond acceptors (Lipinski definition) is 5. The summed E-state index contributed by atoms with van der Waals surface area (Å²) >= 11 is 1.27. The molecule has 0 radical (unpaired) electrons. The van der Waals surface area contributed by atoms with Crippen molar-refractivity contribution < 1.29 is 17.9 Å². The molecule has 2 rings (SSSR count). The Balaban J connectivity index is 2.44. The number of carbonyl (C=O) groups excluding carboxylic acids is 1. The summed E-state index contributed by atoms with van der Waals surface area (Å²) in [7, 11) is -2.35. The Morgan fingerprint density at radius 1 is 1.57 bits per heavy atom. The number of carbonyl (C=O) groups is 1. The van der Waals surface area contributed by atoms with E-state index in [9.17, 15) is 13.2 Å². The highest BCUT2D eigenvalue weighted by Gasteiger charge is 2.48. The molecule has 0 bridgehead atoms. The molecule has 2 aliphatic heterocycles. The second kappa shape index (κ2) is 2.90. The third-order valence-corrected chi connectivity index (χ3v) is 5.45. The molecule has 0 spiro atoms. The van der Waals surface area contributed by atoms with Gasteiger partial charge in [0.1, 0.15) is 5.25 Å². The third kappa shape index (κ3) is 1.23. The van der Waals surface area contributed by atoms with Gasteiger partial charge in [0, 0.05) is 7.05 Å². The van der Waals surface area contributed by atoms with Gasteiger partial charge in [-0.15, -0.1) is 0 Å². The Morgan fingerprint density at radius 2 is 2.21 bits per heavy atom. The predicted octanol–water partition coefficient (Wildman–Crippen LogP) is 0.744. The molecule has 1 fully saturated rings. The zero-order chi connectivity index (χ0) is 10.5. The summed E-state index contributed by atoms with van der Waals surface area (Å²) in [5, 5.41) is -0.727. The number of thioether (sulfide) groups is 1. The summed E-state index contributed by atoms with van der Waals surface area (Å²) in [4.78, 5) is 12.0. The number of hydrogen-bond donors (Lipinski definition) is 0. The predicted molar refractivity (Wildman–Crippen MR) is 52.1 cm³/mol. The molecule has 5 nitrogen and oxygen atoms in total. The minimum absolute atomic E-state index is 0.608. The summed E-state index contributed by atoms with van der Waals surface area (Å²) in [5.74, 6) is 0. The highest BCUT2D eigenvalue weighted by Crippen LogP contribution is 2.40. The maximum Gasteiger partial charge on any atom is 0.424 e. The molecule has 78 valence electrons. The van der Waals surface area contributed by atoms with Crippen molar-refractivity contribution >= 4 is 27.9 Å². The van der Waals surface area contributed by atoms with Gasteiger partial charge in [0.25, 0.3) is 10.0 Å². The average molecular weight is 235 g/mol. The number of ether oxygens (including phenoxy) is 1. The molecular weight excluding hydrogens is 226 g/mol. The molecule has 0 aliphatic carbocycles. The van der Waals surface area contributed by atoms with Crippen LogP contribution in [0.2, 0.25) is 0 Å². The van der Waals surface area contributed by atoms with Crippen molar-refractivity contribution in [2.24, 2.45) is 0 Å². The summed E-state index contributed by atoms with van der Waals surface area (Å²) < 4.78 is 29.0. The topological polar surface area (TPSA) is 63.7 Å². The largest absolute Gasteiger partial charge is 0.432 e. The minimum Gasteiger partial charge on any atom is -0.432 e. The molecule has 2 atom stereocenters. The van der Waals surface area contributed by atoms with Crippen molar-refractivity contribution in [2.75, 3.05) is 7.05 Å². The first kappa shape index (κ1) is 9.85. The molecule has 1 saturated heterocycles. The molecule has 0 aromatic rings. The Morgan fingerprint density at radius 3 is 2.86 bits per heavy atom. The molecule has 2 aliphatic rings. The number of sulfonamides is 1. The lowest BCUT2D eigenvalue weighted by Gasteiger charge is -2.30. The van der Waals surface area contributed by atoms with Gasteiger partial charge < -0.3 is 4.74 Å². The molecule has 7 heteroatoms. The molecule has 2 heterocycles. The van der Waals surface area contributed by atoms with Crippen LogP contribution in [-0.4, -0.2) is 36.5 Å². The molecule has 1 amide bonds. The lowest BCUT2D eigenvalue weighted by Crippen LogP contribution is -2.50. The lowest BCUT2D eigenvalue weighted by atomic mass is 10.4. The minimum atomic E-state index is -3.56. The van der Waals surface area contributed by atoms with E-state index in [-0.39, 0.29) is 0 Å². The second-order valence-corrected chi connectivity index (χ2v) is 6.59. The summed E-state index contributed by atoms with van der Waals surface area (Å²) in [6.07, 6.45) is 0.815. The number of amides is 1. The highest BCUT2D eigenvalue weighted by atomic mass is 32.2. The van der Waals surface area contributed by atoms with Gasteiger partial charge in [0.05, 0.1) is 0 Å². The maximum atomic E-state index is 11.7. The van der Waals surface area contributed by atoms with Crippen LogP contribution in [0.3, 0.4) is 0 Å². The summed E-state index contributed by atoms with van der Waals surface area (Å²) in [5.41, 5.74) is -0.608. The number of rotatable bonds is 0. The van der Waals surface area contributed by atoms with E-state index in [1.54, 1.807) is 13.0 Å². The Bertz CT molecular complexity index is 413. The van der Waals surface area contributed by atoms with Crippen LogP contribution in [0.4, 0.5) is 4.79 Å². The quantitative estimate of drug-likeness (QED) is 0.619. The van der Waals surface area contributed by atoms with Crippen LogP contribution in [0.5, 0.6) is 0 Å². The first-order chi connectivity index (χ1) is 6.43. The van der Waals surface area contributed by atoms with Crippen LogP contribution in [0, 0.1) is 0 Å². The smallest absolute Gasteiger partial charge is 0.424 e. The van der Waals surface area contributed by atoms with Crippen LogP contribution in [0.15, 0.2) is 11.0 Å². The average Bonchev–Trinajstić information content (AvgIpc) is 2.44. The van der Waals surface area contributed by atoms with Gasteiger partial charge in [-0.25, -0.2) is 17.5 Å². The fourth-order valence-electron chi connectivity index (χ4n) is 1.38. The number of fused-ring (bicyclic) bond motifs is 1. The Hall–Kier alpha value is -0.690. The van der Waals surface area contributed by atoms with Gasteiger partial charge in [-0.3, -0.25) is 0 Å². The zero-order valence-corrected chi connectivity index (χ0v) is 9.26. The molecule has 0 aromatic heterocycles. The molecule has 0 aromatic carbocycles. The lowest BCUT2D eigenvalue weighted by molar-refractivity contribution is 0.112. The third-order valence-electron chi connectivity index (χ3n) is 2.17. The van der Waals surface area contributed by atoms with Crippen molar-refractivity contribution in [1.29, 1.82) is 0 Å². The zero-order valence-electron chi connectivity index (χ0n) is 7.63. The standard InChI is InChI=1S/C7H9NO4S2/c1-4-3-5-6(13-4)12-7(9)8(2)14(5,10)11/h3,5-6H,1-2H3. The van der Waals surface area contributed by atoms with Crippen molar-refractivity contribution in [3.05, 3.63) is 11.0 Å². The SMILES string of the molecule is CC1=CC2C(OC(=O)N(C)S2(=O)=O)S1. The fourth-order valence-corrected chi connectivity index (χ4v) is 4.31. The Labute approximate surface area is 86.1 Å². The van der Waals surface area contributed by atoms with Gasteiger partial charge >= 0.3 is 6.09 Å². The molecule has 0 N–H and O–H groups in total. The van der Waals surface area contributed by atoms with Crippen LogP contribution in [0.25, 0.3) is 0 Å². The van der Waals surface area contributed by atoms with E-state index >= 15 is 0 Å². The maximum absolute atomic E-state index is 11.7. The van der Waals surface area contributed by atoms with Gasteiger partial charge in [-0.05, 0) is 11.8 Å². The van der Waals surface area contributed by atoms with E-state index in [1.165, 1.54) is 18.8 Å². The first-order valence-electron chi connectivity index (χ1n) is 3.96. The van der Waals surface area contributed by atoms with Gasteiger partial charge in [-0.2, -0.15) is 0 Å². The van der Waals surface area contributed by atoms with E-state index in [0.717, 1.165) is 4.91 Å². The van der Waals surface area contributed by atoms with Crippen LogP contribution in [0.1, 0.15) is 6.92 Å². The fraction of sp³-hybridized carbons (Fsp3) is 0.571. The van der Waals surface area contributed by atoms with Crippen molar-refractivity contribution in [3.8, 4) is 0 Å². The molecule has 14 heavy (non-hydrogen) atoms. The van der Waals surface area contributed by atoms with E-state index in [2.05, 4.69) is 0 Å². The van der Waals surface area contributed by atoms with Gasteiger partial charge in [-0.1, -0.05) is 17.8 Å². The van der Waals surface area contributed by atoms with Crippen molar-refractivity contribution in [2.45, 2.75) is 17.6 Å². The molecule has 0 saturated carbocycles. The van der Waals surface area contributed by atoms with Crippen molar-refractivity contribution in [1.82, 2.24) is 4.31 Å². The van der Waals surface area contributed by atoms with E-state index < -0.39 is 26.8 Å². The van der Waals surface area contributed by atoms with E-state index in [1.807, 2.05) is 0 Å². The van der Waals surface area contributed by atoms with Crippen molar-refractivity contribution in [3.63, 3.8) is 0 Å². The van der Waals surface area contributed by atoms with E-state index in [4.69, 9.17) is 4.74 Å².